The number of nitrogens with zero attached hydrogens (tertiary/aromatic N) is 1. The SMILES string of the molecule is CC(CC(=O)NCCN(C)C1CCCC1)C1CCCNC1.Cl.Cl. The summed E-state index contributed by atoms with van der Waals surface area (Å²) in [6.45, 7) is 6.22. The molecule has 2 aliphatic rings. The molecule has 0 bridgehead atoms. The largest absolute Gasteiger partial charge is 0.355 e. The van der Waals surface area contributed by atoms with Crippen molar-refractivity contribution in [2.45, 2.75) is 57.9 Å². The van der Waals surface area contributed by atoms with E-state index >= 15 is 0 Å². The molecule has 1 saturated carbocycles. The van der Waals surface area contributed by atoms with Gasteiger partial charge in [-0.2, -0.15) is 0 Å². The van der Waals surface area contributed by atoms with Crippen LogP contribution in [0.3, 0.4) is 0 Å². The zero-order valence-corrected chi connectivity index (χ0v) is 16.3. The number of nitrogens with one attached hydrogen (secondary N) is 2. The Morgan fingerprint density at radius 1 is 1.22 bits per heavy atom. The number of hydrogen-bond acceptors (Lipinski definition) is 3. The second kappa shape index (κ2) is 12.3. The third-order valence-electron chi connectivity index (χ3n) is 5.38. The van der Waals surface area contributed by atoms with Gasteiger partial charge >= 0.3 is 0 Å². The third kappa shape index (κ3) is 8.06. The molecule has 4 nitrogen and oxygen atoms in total. The van der Waals surface area contributed by atoms with Crippen LogP contribution in [0, 0.1) is 11.8 Å². The summed E-state index contributed by atoms with van der Waals surface area (Å²) >= 11 is 0. The highest BCUT2D eigenvalue weighted by atomic mass is 35.5. The molecule has 6 heteroatoms. The fraction of sp³-hybridized carbons (Fsp3) is 0.941. The highest BCUT2D eigenvalue weighted by Crippen LogP contribution is 2.23. The van der Waals surface area contributed by atoms with Gasteiger partial charge in [0, 0.05) is 25.6 Å². The predicted octanol–water partition coefficient (Wildman–Crippen LogP) is 2.85. The van der Waals surface area contributed by atoms with E-state index in [0.29, 0.717) is 18.3 Å². The van der Waals surface area contributed by atoms with E-state index < -0.39 is 0 Å². The Labute approximate surface area is 154 Å². The number of amides is 1. The van der Waals surface area contributed by atoms with Gasteiger partial charge in [-0.15, -0.1) is 24.8 Å². The van der Waals surface area contributed by atoms with Gasteiger partial charge in [0.25, 0.3) is 0 Å². The minimum Gasteiger partial charge on any atom is -0.355 e. The first kappa shape index (κ1) is 23.0. The Hall–Kier alpha value is -0.0300. The molecule has 0 spiro atoms. The number of carbonyl (C=O) groups excluding carboxylic acids is 1. The first-order valence-electron chi connectivity index (χ1n) is 8.84. The van der Waals surface area contributed by atoms with E-state index in [1.165, 1.54) is 38.5 Å². The number of halogens is 2. The van der Waals surface area contributed by atoms with Crippen molar-refractivity contribution in [3.05, 3.63) is 0 Å². The molecule has 0 aromatic carbocycles. The lowest BCUT2D eigenvalue weighted by molar-refractivity contribution is -0.122. The van der Waals surface area contributed by atoms with Gasteiger partial charge in [0.1, 0.15) is 0 Å². The maximum atomic E-state index is 12.0. The van der Waals surface area contributed by atoms with E-state index in [2.05, 4.69) is 29.5 Å². The predicted molar refractivity (Wildman–Crippen MR) is 102 cm³/mol. The van der Waals surface area contributed by atoms with Gasteiger partial charge in [0.2, 0.25) is 5.91 Å². The van der Waals surface area contributed by atoms with Crippen molar-refractivity contribution in [3.8, 4) is 0 Å². The maximum Gasteiger partial charge on any atom is 0.220 e. The van der Waals surface area contributed by atoms with Gasteiger partial charge < -0.3 is 15.5 Å². The highest BCUT2D eigenvalue weighted by molar-refractivity contribution is 5.85. The summed E-state index contributed by atoms with van der Waals surface area (Å²) in [7, 11) is 2.19. The summed E-state index contributed by atoms with van der Waals surface area (Å²) < 4.78 is 0. The summed E-state index contributed by atoms with van der Waals surface area (Å²) in [5.74, 6) is 1.39. The van der Waals surface area contributed by atoms with Crippen molar-refractivity contribution in [1.82, 2.24) is 15.5 Å². The second-order valence-corrected chi connectivity index (χ2v) is 7.06. The molecule has 2 unspecified atom stereocenters. The quantitative estimate of drug-likeness (QED) is 0.726. The van der Waals surface area contributed by atoms with Crippen LogP contribution < -0.4 is 10.6 Å². The lowest BCUT2D eigenvalue weighted by Gasteiger charge is -2.28. The molecule has 0 aromatic heterocycles. The van der Waals surface area contributed by atoms with E-state index in [1.54, 1.807) is 0 Å². The molecule has 1 heterocycles. The van der Waals surface area contributed by atoms with Crippen molar-refractivity contribution in [2.24, 2.45) is 11.8 Å². The summed E-state index contributed by atoms with van der Waals surface area (Å²) in [6, 6.07) is 0.745. The van der Waals surface area contributed by atoms with Gasteiger partial charge in [-0.25, -0.2) is 0 Å². The third-order valence-corrected chi connectivity index (χ3v) is 5.38. The summed E-state index contributed by atoms with van der Waals surface area (Å²) in [4.78, 5) is 14.5. The molecule has 1 aliphatic heterocycles. The average molecular weight is 368 g/mol. The number of hydrogen-bond donors (Lipinski definition) is 2. The summed E-state index contributed by atoms with van der Waals surface area (Å²) in [5.41, 5.74) is 0. The molecular weight excluding hydrogens is 333 g/mol. The lowest BCUT2D eigenvalue weighted by atomic mass is 9.85. The van der Waals surface area contributed by atoms with E-state index in [1.807, 2.05) is 0 Å². The summed E-state index contributed by atoms with van der Waals surface area (Å²) in [6.07, 6.45) is 8.60. The zero-order chi connectivity index (χ0) is 15.1. The van der Waals surface area contributed by atoms with Crippen LogP contribution in [0.1, 0.15) is 51.9 Å². The number of rotatable bonds is 7. The van der Waals surface area contributed by atoms with Gasteiger partial charge in [-0.05, 0) is 57.7 Å². The Morgan fingerprint density at radius 3 is 2.52 bits per heavy atom. The molecule has 1 amide bonds. The highest BCUT2D eigenvalue weighted by Gasteiger charge is 2.22. The van der Waals surface area contributed by atoms with E-state index in [-0.39, 0.29) is 30.7 Å². The monoisotopic (exact) mass is 367 g/mol. The molecule has 138 valence electrons. The topological polar surface area (TPSA) is 44.4 Å². The standard InChI is InChI=1S/C17H33N3O.2ClH/c1-14(15-6-5-9-18-13-15)12-17(21)19-10-11-20(2)16-7-3-4-8-16;;/h14-16,18H,3-13H2,1-2H3,(H,19,21);2*1H. The van der Waals surface area contributed by atoms with Crippen molar-refractivity contribution in [1.29, 1.82) is 0 Å². The fourth-order valence-corrected chi connectivity index (χ4v) is 3.80. The van der Waals surface area contributed by atoms with E-state index in [0.717, 1.165) is 32.2 Å². The second-order valence-electron chi connectivity index (χ2n) is 7.06. The van der Waals surface area contributed by atoms with Crippen molar-refractivity contribution in [3.63, 3.8) is 0 Å². The van der Waals surface area contributed by atoms with Crippen LogP contribution in [-0.2, 0) is 4.79 Å². The molecule has 1 saturated heterocycles. The molecule has 23 heavy (non-hydrogen) atoms. The van der Waals surface area contributed by atoms with E-state index in [9.17, 15) is 4.79 Å². The Bertz CT molecular complexity index is 319. The average Bonchev–Trinajstić information content (AvgIpc) is 3.02. The minimum atomic E-state index is 0. The zero-order valence-electron chi connectivity index (χ0n) is 14.7. The van der Waals surface area contributed by atoms with Gasteiger partial charge in [-0.1, -0.05) is 19.8 Å². The molecule has 0 radical (unpaired) electrons. The number of piperidine rings is 1. The van der Waals surface area contributed by atoms with Crippen molar-refractivity contribution < 1.29 is 4.79 Å². The van der Waals surface area contributed by atoms with Crippen LogP contribution in [0.25, 0.3) is 0 Å². The fourth-order valence-electron chi connectivity index (χ4n) is 3.80. The van der Waals surface area contributed by atoms with Gasteiger partial charge in [-0.3, -0.25) is 4.79 Å². The minimum absolute atomic E-state index is 0. The maximum absolute atomic E-state index is 12.0. The molecule has 2 N–H and O–H groups in total. The molecule has 2 atom stereocenters. The van der Waals surface area contributed by atoms with Crippen LogP contribution in [-0.4, -0.2) is 50.1 Å². The normalized spacial score (nSPS) is 23.0. The molecule has 2 rings (SSSR count). The van der Waals surface area contributed by atoms with Crippen LogP contribution in [0.4, 0.5) is 0 Å². The first-order valence-corrected chi connectivity index (χ1v) is 8.84. The smallest absolute Gasteiger partial charge is 0.220 e. The Balaban J connectivity index is 0.00000242. The number of carbonyl (C=O) groups is 1. The van der Waals surface area contributed by atoms with E-state index in [4.69, 9.17) is 0 Å². The molecule has 1 aliphatic carbocycles. The molecule has 2 fully saturated rings. The molecular formula is C17H35Cl2N3O. The summed E-state index contributed by atoms with van der Waals surface area (Å²) in [5, 5.41) is 6.55. The van der Waals surface area contributed by atoms with Gasteiger partial charge in [0.15, 0.2) is 0 Å². The van der Waals surface area contributed by atoms with Crippen LogP contribution in [0.5, 0.6) is 0 Å². The Kier molecular flexibility index (Phi) is 12.3. The van der Waals surface area contributed by atoms with Crippen LogP contribution >= 0.6 is 24.8 Å². The molecule has 0 aromatic rings. The van der Waals surface area contributed by atoms with Crippen LogP contribution in [0.2, 0.25) is 0 Å². The number of likely N-dealkylation sites (N-methyl/N-ethyl adjacent to an activating group) is 1. The van der Waals surface area contributed by atoms with Crippen LogP contribution in [0.15, 0.2) is 0 Å². The van der Waals surface area contributed by atoms with Crippen molar-refractivity contribution in [2.75, 3.05) is 33.2 Å². The van der Waals surface area contributed by atoms with Crippen molar-refractivity contribution >= 4 is 30.7 Å². The van der Waals surface area contributed by atoms with Gasteiger partial charge in [0.05, 0.1) is 0 Å². The Morgan fingerprint density at radius 2 is 1.91 bits per heavy atom. The first-order chi connectivity index (χ1) is 10.2. The lowest BCUT2D eigenvalue weighted by Crippen LogP contribution is -2.39.